The fourth-order valence-electron chi connectivity index (χ4n) is 3.04. The first-order valence-corrected chi connectivity index (χ1v) is 7.80. The van der Waals surface area contributed by atoms with Gasteiger partial charge in [-0.25, -0.2) is 0 Å². The normalized spacial score (nSPS) is 18.1. The van der Waals surface area contributed by atoms with Gasteiger partial charge in [0.15, 0.2) is 0 Å². The van der Waals surface area contributed by atoms with Crippen LogP contribution in [0, 0.1) is 5.92 Å². The van der Waals surface area contributed by atoms with E-state index in [1.165, 1.54) is 11.1 Å². The smallest absolute Gasteiger partial charge is 0.122 e. The summed E-state index contributed by atoms with van der Waals surface area (Å²) in [6.45, 7) is 1.47. The maximum absolute atomic E-state index is 5.98. The van der Waals surface area contributed by atoms with Crippen LogP contribution in [0.4, 0.5) is 0 Å². The third-order valence-corrected chi connectivity index (χ3v) is 4.44. The molecule has 2 atom stereocenters. The topological polar surface area (TPSA) is 35.2 Å². The molecule has 1 heterocycles. The van der Waals surface area contributed by atoms with Crippen molar-refractivity contribution in [3.63, 3.8) is 0 Å². The molecule has 0 saturated carbocycles. The van der Waals surface area contributed by atoms with E-state index in [2.05, 4.69) is 24.3 Å². The Balaban J connectivity index is 1.67. The molecule has 3 heteroatoms. The van der Waals surface area contributed by atoms with Gasteiger partial charge >= 0.3 is 0 Å². The molecule has 1 aliphatic heterocycles. The quantitative estimate of drug-likeness (QED) is 0.905. The molecule has 2 aromatic rings. The van der Waals surface area contributed by atoms with E-state index < -0.39 is 0 Å². The van der Waals surface area contributed by atoms with Crippen molar-refractivity contribution in [2.45, 2.75) is 18.8 Å². The Morgan fingerprint density at radius 3 is 2.67 bits per heavy atom. The predicted octanol–water partition coefficient (Wildman–Crippen LogP) is 4.02. The van der Waals surface area contributed by atoms with Crippen LogP contribution in [0.3, 0.4) is 0 Å². The van der Waals surface area contributed by atoms with Gasteiger partial charge in [0.25, 0.3) is 0 Å². The summed E-state index contributed by atoms with van der Waals surface area (Å²) in [5.74, 6) is 1.96. The van der Waals surface area contributed by atoms with Crippen molar-refractivity contribution < 1.29 is 4.74 Å². The first-order valence-electron chi connectivity index (χ1n) is 7.42. The van der Waals surface area contributed by atoms with Crippen molar-refractivity contribution in [1.29, 1.82) is 0 Å². The average molecular weight is 302 g/mol. The maximum atomic E-state index is 5.98. The van der Waals surface area contributed by atoms with Crippen molar-refractivity contribution in [3.8, 4) is 5.75 Å². The Morgan fingerprint density at radius 1 is 1.14 bits per heavy atom. The molecule has 110 valence electrons. The van der Waals surface area contributed by atoms with Gasteiger partial charge in [0.05, 0.1) is 6.61 Å². The molecule has 0 fully saturated rings. The van der Waals surface area contributed by atoms with Crippen LogP contribution in [0.25, 0.3) is 0 Å². The minimum absolute atomic E-state index is 0.460. The van der Waals surface area contributed by atoms with Crippen LogP contribution in [-0.2, 0) is 6.42 Å². The lowest BCUT2D eigenvalue weighted by Crippen LogP contribution is -2.20. The van der Waals surface area contributed by atoms with Crippen molar-refractivity contribution in [3.05, 3.63) is 64.7 Å². The van der Waals surface area contributed by atoms with Crippen molar-refractivity contribution in [2.75, 3.05) is 13.2 Å². The number of ether oxygens (including phenoxy) is 1. The second-order valence-corrected chi connectivity index (χ2v) is 6.15. The van der Waals surface area contributed by atoms with Crippen LogP contribution in [0.1, 0.15) is 23.5 Å². The van der Waals surface area contributed by atoms with E-state index in [0.717, 1.165) is 30.2 Å². The van der Waals surface area contributed by atoms with Crippen molar-refractivity contribution >= 4 is 11.6 Å². The molecule has 0 amide bonds. The molecule has 2 nitrogen and oxygen atoms in total. The fourth-order valence-corrected chi connectivity index (χ4v) is 3.17. The van der Waals surface area contributed by atoms with Gasteiger partial charge in [-0.15, -0.1) is 0 Å². The van der Waals surface area contributed by atoms with E-state index in [1.54, 1.807) is 0 Å². The van der Waals surface area contributed by atoms with Crippen LogP contribution in [0.2, 0.25) is 5.02 Å². The summed E-state index contributed by atoms with van der Waals surface area (Å²) in [6.07, 6.45) is 2.06. The van der Waals surface area contributed by atoms with E-state index in [1.807, 2.05) is 24.3 Å². The standard InChI is InChI=1S/C18H20ClNO/c19-16-7-5-13(6-8-16)9-14(11-20)10-15-12-21-18-4-2-1-3-17(15)18/h1-8,14-15H,9-12,20H2. The molecule has 0 aliphatic carbocycles. The zero-order valence-electron chi connectivity index (χ0n) is 12.0. The molecule has 2 N–H and O–H groups in total. The third kappa shape index (κ3) is 3.39. The minimum atomic E-state index is 0.460. The monoisotopic (exact) mass is 301 g/mol. The Bertz CT molecular complexity index is 596. The Labute approximate surface area is 130 Å². The number of hydrogen-bond acceptors (Lipinski definition) is 2. The maximum Gasteiger partial charge on any atom is 0.122 e. The van der Waals surface area contributed by atoms with Gasteiger partial charge in [-0.2, -0.15) is 0 Å². The number of halogens is 1. The lowest BCUT2D eigenvalue weighted by molar-refractivity contribution is 0.306. The first-order chi connectivity index (χ1) is 10.3. The van der Waals surface area contributed by atoms with E-state index in [0.29, 0.717) is 18.4 Å². The highest BCUT2D eigenvalue weighted by molar-refractivity contribution is 6.30. The van der Waals surface area contributed by atoms with E-state index in [-0.39, 0.29) is 0 Å². The summed E-state index contributed by atoms with van der Waals surface area (Å²) in [5, 5.41) is 0.779. The molecule has 0 bridgehead atoms. The summed E-state index contributed by atoms with van der Waals surface area (Å²) in [7, 11) is 0. The molecule has 21 heavy (non-hydrogen) atoms. The highest BCUT2D eigenvalue weighted by atomic mass is 35.5. The summed E-state index contributed by atoms with van der Waals surface area (Å²) in [6, 6.07) is 16.4. The van der Waals surface area contributed by atoms with Gasteiger partial charge in [0.2, 0.25) is 0 Å². The molecule has 0 spiro atoms. The van der Waals surface area contributed by atoms with Crippen molar-refractivity contribution in [2.24, 2.45) is 11.7 Å². The van der Waals surface area contributed by atoms with E-state index in [4.69, 9.17) is 22.1 Å². The SMILES string of the molecule is NCC(Cc1ccc(Cl)cc1)CC1COc2ccccc21. The van der Waals surface area contributed by atoms with Crippen molar-refractivity contribution in [1.82, 2.24) is 0 Å². The predicted molar refractivity (Wildman–Crippen MR) is 87.0 cm³/mol. The van der Waals surface area contributed by atoms with Crippen LogP contribution < -0.4 is 10.5 Å². The van der Waals surface area contributed by atoms with Crippen LogP contribution in [0.5, 0.6) is 5.75 Å². The van der Waals surface area contributed by atoms with Gasteiger partial charge in [0, 0.05) is 16.5 Å². The molecule has 0 radical (unpaired) electrons. The van der Waals surface area contributed by atoms with Crippen LogP contribution in [0.15, 0.2) is 48.5 Å². The highest BCUT2D eigenvalue weighted by Gasteiger charge is 2.26. The molecule has 3 rings (SSSR count). The number of hydrogen-bond donors (Lipinski definition) is 1. The molecule has 2 unspecified atom stereocenters. The summed E-state index contributed by atoms with van der Waals surface area (Å²) in [4.78, 5) is 0. The van der Waals surface area contributed by atoms with Gasteiger partial charge < -0.3 is 10.5 Å². The average Bonchev–Trinajstić information content (AvgIpc) is 2.92. The Kier molecular flexibility index (Phi) is 4.47. The van der Waals surface area contributed by atoms with Gasteiger partial charge in [0.1, 0.15) is 5.75 Å². The second kappa shape index (κ2) is 6.50. The van der Waals surface area contributed by atoms with E-state index in [9.17, 15) is 0 Å². The van der Waals surface area contributed by atoms with Gasteiger partial charge in [-0.3, -0.25) is 0 Å². The number of nitrogens with two attached hydrogens (primary N) is 1. The largest absolute Gasteiger partial charge is 0.493 e. The Hall–Kier alpha value is -1.51. The second-order valence-electron chi connectivity index (χ2n) is 5.71. The van der Waals surface area contributed by atoms with Gasteiger partial charge in [-0.1, -0.05) is 41.9 Å². The molecule has 1 aliphatic rings. The molecular formula is C18H20ClNO. The first kappa shape index (κ1) is 14.4. The van der Waals surface area contributed by atoms with Gasteiger partial charge in [-0.05, 0) is 49.1 Å². The molecule has 0 aromatic heterocycles. The number of benzene rings is 2. The zero-order valence-corrected chi connectivity index (χ0v) is 12.7. The van der Waals surface area contributed by atoms with Crippen LogP contribution >= 0.6 is 11.6 Å². The van der Waals surface area contributed by atoms with Crippen LogP contribution in [-0.4, -0.2) is 13.2 Å². The highest BCUT2D eigenvalue weighted by Crippen LogP contribution is 2.37. The lowest BCUT2D eigenvalue weighted by atomic mass is 9.87. The molecule has 0 saturated heterocycles. The summed E-state index contributed by atoms with van der Waals surface area (Å²) >= 11 is 5.93. The molecule has 2 aromatic carbocycles. The zero-order chi connectivity index (χ0) is 14.7. The Morgan fingerprint density at radius 2 is 1.90 bits per heavy atom. The summed E-state index contributed by atoms with van der Waals surface area (Å²) < 4.78 is 5.76. The number of rotatable bonds is 5. The lowest BCUT2D eigenvalue weighted by Gasteiger charge is -2.18. The number of fused-ring (bicyclic) bond motifs is 1. The third-order valence-electron chi connectivity index (χ3n) is 4.19. The number of para-hydroxylation sites is 1. The fraction of sp³-hybridized carbons (Fsp3) is 0.333. The van der Waals surface area contributed by atoms with E-state index >= 15 is 0 Å². The summed E-state index contributed by atoms with van der Waals surface area (Å²) in [5.41, 5.74) is 8.60. The molecular weight excluding hydrogens is 282 g/mol. The minimum Gasteiger partial charge on any atom is -0.493 e.